The Morgan fingerprint density at radius 3 is 2.23 bits per heavy atom. The van der Waals surface area contributed by atoms with Crippen molar-refractivity contribution in [1.29, 1.82) is 0 Å². The van der Waals surface area contributed by atoms with Crippen LogP contribution < -0.4 is 4.72 Å². The fourth-order valence-electron chi connectivity index (χ4n) is 4.17. The molecule has 0 aromatic heterocycles. The second kappa shape index (κ2) is 4.65. The van der Waals surface area contributed by atoms with Crippen LogP contribution in [0.4, 0.5) is 0 Å². The van der Waals surface area contributed by atoms with E-state index in [1.54, 1.807) is 24.3 Å². The lowest BCUT2D eigenvalue weighted by Gasteiger charge is -2.32. The lowest BCUT2D eigenvalue weighted by atomic mass is 9.70. The monoisotopic (exact) mass is 321 g/mol. The summed E-state index contributed by atoms with van der Waals surface area (Å²) < 4.78 is 27.8. The van der Waals surface area contributed by atoms with Gasteiger partial charge >= 0.3 is 0 Å². The Kier molecular flexibility index (Phi) is 3.31. The number of benzene rings is 1. The first-order valence-electron chi connectivity index (χ1n) is 7.73. The van der Waals surface area contributed by atoms with Crippen molar-refractivity contribution in [2.24, 2.45) is 16.7 Å². The van der Waals surface area contributed by atoms with Gasteiger partial charge in [0.1, 0.15) is 0 Å². The maximum absolute atomic E-state index is 12.7. The number of carbonyl (C=O) groups is 1. The molecule has 1 N–H and O–H groups in total. The van der Waals surface area contributed by atoms with Crippen molar-refractivity contribution in [3.63, 3.8) is 0 Å². The van der Waals surface area contributed by atoms with Crippen molar-refractivity contribution in [2.75, 3.05) is 0 Å². The first-order valence-corrected chi connectivity index (χ1v) is 9.21. The van der Waals surface area contributed by atoms with Gasteiger partial charge in [0, 0.05) is 5.41 Å². The molecule has 22 heavy (non-hydrogen) atoms. The Hall–Kier alpha value is -1.20. The van der Waals surface area contributed by atoms with Gasteiger partial charge in [-0.1, -0.05) is 38.5 Å². The standard InChI is InChI=1S/C17H23NO3S/c1-11-5-7-12(8-6-11)22(20,21)18-14-13-9-10-17(4,15(14)19)16(13,2)3/h5-8,13-14,18H,9-10H2,1-4H3. The third-order valence-corrected chi connectivity index (χ3v) is 7.60. The van der Waals surface area contributed by atoms with E-state index in [4.69, 9.17) is 0 Å². The minimum absolute atomic E-state index is 0.0458. The van der Waals surface area contributed by atoms with Gasteiger partial charge in [-0.15, -0.1) is 0 Å². The van der Waals surface area contributed by atoms with Crippen LogP contribution in [-0.2, 0) is 14.8 Å². The summed E-state index contributed by atoms with van der Waals surface area (Å²) in [5.41, 5.74) is 0.423. The van der Waals surface area contributed by atoms with Gasteiger partial charge in [-0.3, -0.25) is 4.79 Å². The molecular formula is C17H23NO3S. The van der Waals surface area contributed by atoms with E-state index >= 15 is 0 Å². The zero-order valence-corrected chi connectivity index (χ0v) is 14.3. The lowest BCUT2D eigenvalue weighted by molar-refractivity contribution is -0.129. The minimum atomic E-state index is -3.66. The van der Waals surface area contributed by atoms with Gasteiger partial charge in [0.2, 0.25) is 10.0 Å². The molecule has 2 fully saturated rings. The second-order valence-electron chi connectivity index (χ2n) is 7.48. The number of ketones is 1. The van der Waals surface area contributed by atoms with Crippen molar-refractivity contribution in [3.05, 3.63) is 29.8 Å². The van der Waals surface area contributed by atoms with Crippen LogP contribution in [0.15, 0.2) is 29.2 Å². The van der Waals surface area contributed by atoms with E-state index in [-0.39, 0.29) is 22.0 Å². The van der Waals surface area contributed by atoms with Gasteiger partial charge in [-0.25, -0.2) is 13.1 Å². The highest BCUT2D eigenvalue weighted by Gasteiger charge is 2.66. The normalized spacial score (nSPS) is 33.4. The van der Waals surface area contributed by atoms with Gasteiger partial charge in [-0.05, 0) is 43.2 Å². The number of hydrogen-bond acceptors (Lipinski definition) is 3. The molecule has 2 aliphatic carbocycles. The van der Waals surface area contributed by atoms with Gasteiger partial charge in [-0.2, -0.15) is 0 Å². The molecule has 1 aromatic carbocycles. The van der Waals surface area contributed by atoms with Crippen molar-refractivity contribution < 1.29 is 13.2 Å². The number of fused-ring (bicyclic) bond motifs is 2. The van der Waals surface area contributed by atoms with Crippen LogP contribution >= 0.6 is 0 Å². The molecule has 0 spiro atoms. The molecule has 0 radical (unpaired) electrons. The summed E-state index contributed by atoms with van der Waals surface area (Å²) >= 11 is 0. The van der Waals surface area contributed by atoms with Crippen molar-refractivity contribution >= 4 is 15.8 Å². The van der Waals surface area contributed by atoms with Crippen LogP contribution in [0.2, 0.25) is 0 Å². The number of hydrogen-bond donors (Lipinski definition) is 1. The molecule has 3 unspecified atom stereocenters. The molecular weight excluding hydrogens is 298 g/mol. The largest absolute Gasteiger partial charge is 0.297 e. The van der Waals surface area contributed by atoms with E-state index in [2.05, 4.69) is 18.6 Å². The molecule has 2 aliphatic rings. The number of aryl methyl sites for hydroxylation is 1. The summed E-state index contributed by atoms with van der Waals surface area (Å²) in [5, 5.41) is 0. The molecule has 0 heterocycles. The predicted octanol–water partition coefficient (Wildman–Crippen LogP) is 2.67. The highest BCUT2D eigenvalue weighted by molar-refractivity contribution is 7.89. The van der Waals surface area contributed by atoms with E-state index in [0.29, 0.717) is 0 Å². The second-order valence-corrected chi connectivity index (χ2v) is 9.19. The molecule has 0 aliphatic heterocycles. The summed E-state index contributed by atoms with van der Waals surface area (Å²) in [4.78, 5) is 13.0. The van der Waals surface area contributed by atoms with Gasteiger partial charge in [0.05, 0.1) is 10.9 Å². The lowest BCUT2D eigenvalue weighted by Crippen LogP contribution is -2.46. The summed E-state index contributed by atoms with van der Waals surface area (Å²) in [7, 11) is -3.66. The molecule has 120 valence electrons. The SMILES string of the molecule is Cc1ccc(S(=O)(=O)NC2C(=O)C3(C)CCC2C3(C)C)cc1. The average molecular weight is 321 g/mol. The molecule has 2 saturated carbocycles. The van der Waals surface area contributed by atoms with Crippen molar-refractivity contribution in [1.82, 2.24) is 4.72 Å². The Morgan fingerprint density at radius 1 is 1.14 bits per heavy atom. The number of sulfonamides is 1. The van der Waals surface area contributed by atoms with E-state index in [1.165, 1.54) is 0 Å². The number of Topliss-reactive ketones (excluding diaryl/α,β-unsaturated/α-hetero) is 1. The van der Waals surface area contributed by atoms with Crippen molar-refractivity contribution in [2.45, 2.75) is 51.5 Å². The maximum Gasteiger partial charge on any atom is 0.241 e. The Morgan fingerprint density at radius 2 is 1.73 bits per heavy atom. The molecule has 3 atom stereocenters. The van der Waals surface area contributed by atoms with Crippen LogP contribution in [0.1, 0.15) is 39.2 Å². The Bertz CT molecular complexity index is 721. The van der Waals surface area contributed by atoms with Crippen LogP contribution in [0, 0.1) is 23.7 Å². The fraction of sp³-hybridized carbons (Fsp3) is 0.588. The molecule has 3 rings (SSSR count). The minimum Gasteiger partial charge on any atom is -0.297 e. The van der Waals surface area contributed by atoms with E-state index in [9.17, 15) is 13.2 Å². The van der Waals surface area contributed by atoms with Gasteiger partial charge in [0.25, 0.3) is 0 Å². The third kappa shape index (κ3) is 1.98. The summed E-state index contributed by atoms with van der Waals surface area (Å²) in [5.74, 6) is 0.120. The zero-order chi connectivity index (χ0) is 16.3. The van der Waals surface area contributed by atoms with Crippen LogP contribution in [0.3, 0.4) is 0 Å². The molecule has 5 heteroatoms. The Labute approximate surface area is 132 Å². The first kappa shape index (κ1) is 15.7. The molecule has 4 nitrogen and oxygen atoms in total. The van der Waals surface area contributed by atoms with Crippen molar-refractivity contribution in [3.8, 4) is 0 Å². The van der Waals surface area contributed by atoms with Crippen LogP contribution in [-0.4, -0.2) is 20.2 Å². The predicted molar refractivity (Wildman–Crippen MR) is 84.9 cm³/mol. The summed E-state index contributed by atoms with van der Waals surface area (Å²) in [6.07, 6.45) is 1.75. The number of rotatable bonds is 3. The molecule has 0 saturated heterocycles. The van der Waals surface area contributed by atoms with E-state index in [0.717, 1.165) is 18.4 Å². The first-order chi connectivity index (χ1) is 10.1. The third-order valence-electron chi connectivity index (χ3n) is 6.15. The maximum atomic E-state index is 12.7. The van der Waals surface area contributed by atoms with E-state index < -0.39 is 21.5 Å². The number of nitrogens with one attached hydrogen (secondary N) is 1. The molecule has 1 aromatic rings. The zero-order valence-electron chi connectivity index (χ0n) is 13.5. The van der Waals surface area contributed by atoms with Gasteiger partial charge in [0.15, 0.2) is 5.78 Å². The quantitative estimate of drug-likeness (QED) is 0.931. The highest BCUT2D eigenvalue weighted by atomic mass is 32.2. The van der Waals surface area contributed by atoms with Crippen LogP contribution in [0.25, 0.3) is 0 Å². The highest BCUT2D eigenvalue weighted by Crippen LogP contribution is 2.63. The van der Waals surface area contributed by atoms with Crippen LogP contribution in [0.5, 0.6) is 0 Å². The van der Waals surface area contributed by atoms with E-state index in [1.807, 2.05) is 13.8 Å². The summed E-state index contributed by atoms with van der Waals surface area (Å²) in [6.45, 7) is 8.06. The van der Waals surface area contributed by atoms with Gasteiger partial charge < -0.3 is 0 Å². The Balaban J connectivity index is 1.91. The molecule has 2 bridgehead atoms. The average Bonchev–Trinajstić information content (AvgIpc) is 2.73. The smallest absolute Gasteiger partial charge is 0.241 e. The number of carbonyl (C=O) groups excluding carboxylic acids is 1. The fourth-order valence-corrected chi connectivity index (χ4v) is 5.41. The topological polar surface area (TPSA) is 63.2 Å². The molecule has 0 amide bonds. The summed E-state index contributed by atoms with van der Waals surface area (Å²) in [6, 6.07) is 6.11.